The van der Waals surface area contributed by atoms with Crippen LogP contribution in [0, 0.1) is 18.3 Å². The van der Waals surface area contributed by atoms with Crippen LogP contribution in [-0.4, -0.2) is 38.5 Å². The van der Waals surface area contributed by atoms with Gasteiger partial charge in [0.2, 0.25) is 0 Å². The van der Waals surface area contributed by atoms with Crippen LogP contribution in [-0.2, 0) is 13.0 Å². The Balaban J connectivity index is 1.67. The maximum Gasteiger partial charge on any atom is 0.273 e. The van der Waals surface area contributed by atoms with Crippen LogP contribution >= 0.6 is 0 Å². The number of hydrogen-bond donors (Lipinski definition) is 1. The third kappa shape index (κ3) is 3.50. The van der Waals surface area contributed by atoms with Gasteiger partial charge in [0.15, 0.2) is 5.69 Å². The highest BCUT2D eigenvalue weighted by atomic mass is 16.2. The van der Waals surface area contributed by atoms with E-state index in [1.165, 1.54) is 5.56 Å². The van der Waals surface area contributed by atoms with E-state index in [0.717, 1.165) is 24.2 Å². The summed E-state index contributed by atoms with van der Waals surface area (Å²) in [6.07, 6.45) is 2.49. The lowest BCUT2D eigenvalue weighted by Crippen LogP contribution is -2.32. The Labute approximate surface area is 175 Å². The Morgan fingerprint density at radius 3 is 2.87 bits per heavy atom. The second kappa shape index (κ2) is 7.95. The van der Waals surface area contributed by atoms with Crippen molar-refractivity contribution < 1.29 is 4.79 Å². The Morgan fingerprint density at radius 2 is 2.10 bits per heavy atom. The smallest absolute Gasteiger partial charge is 0.273 e. The molecule has 3 heterocycles. The van der Waals surface area contributed by atoms with E-state index >= 15 is 0 Å². The van der Waals surface area contributed by atoms with E-state index in [4.69, 9.17) is 0 Å². The highest BCUT2D eigenvalue weighted by molar-refractivity contribution is 5.93. The Kier molecular flexibility index (Phi) is 5.19. The number of anilines is 1. The van der Waals surface area contributed by atoms with Gasteiger partial charge in [0.05, 0.1) is 16.9 Å². The van der Waals surface area contributed by atoms with Gasteiger partial charge in [-0.2, -0.15) is 5.26 Å². The molecule has 0 spiro atoms. The van der Waals surface area contributed by atoms with Crippen LogP contribution in [0.5, 0.6) is 0 Å². The number of carbonyl (C=O) groups excluding carboxylic acids is 1. The predicted octanol–water partition coefficient (Wildman–Crippen LogP) is 2.54. The quantitative estimate of drug-likeness (QED) is 0.721. The van der Waals surface area contributed by atoms with Crippen LogP contribution in [0.1, 0.15) is 46.7 Å². The molecule has 0 radical (unpaired) electrons. The first-order chi connectivity index (χ1) is 14.5. The van der Waals surface area contributed by atoms with Crippen LogP contribution in [0.15, 0.2) is 36.5 Å². The minimum Gasteiger partial charge on any atom is -0.351 e. The van der Waals surface area contributed by atoms with E-state index in [1.807, 2.05) is 32.9 Å². The van der Waals surface area contributed by atoms with Crippen molar-refractivity contribution in [1.82, 2.24) is 25.3 Å². The van der Waals surface area contributed by atoms with E-state index in [1.54, 1.807) is 23.0 Å². The van der Waals surface area contributed by atoms with Gasteiger partial charge >= 0.3 is 0 Å². The highest BCUT2D eigenvalue weighted by Crippen LogP contribution is 2.29. The second-order valence-electron chi connectivity index (χ2n) is 7.64. The van der Waals surface area contributed by atoms with Crippen molar-refractivity contribution >= 4 is 11.7 Å². The van der Waals surface area contributed by atoms with Crippen LogP contribution in [0.2, 0.25) is 0 Å². The van der Waals surface area contributed by atoms with Crippen molar-refractivity contribution in [2.45, 2.75) is 39.8 Å². The first-order valence-corrected chi connectivity index (χ1v) is 9.94. The summed E-state index contributed by atoms with van der Waals surface area (Å²) in [5.41, 5.74) is 4.88. The lowest BCUT2D eigenvalue weighted by atomic mass is 9.97. The largest absolute Gasteiger partial charge is 0.351 e. The Hall–Kier alpha value is -3.73. The molecule has 4 rings (SSSR count). The molecule has 30 heavy (non-hydrogen) atoms. The molecule has 0 saturated carbocycles. The number of nitrogens with one attached hydrogen (secondary N) is 1. The van der Waals surface area contributed by atoms with Crippen LogP contribution < -0.4 is 10.2 Å². The van der Waals surface area contributed by atoms with E-state index in [2.05, 4.69) is 37.6 Å². The van der Waals surface area contributed by atoms with Crippen molar-refractivity contribution in [1.29, 1.82) is 5.26 Å². The summed E-state index contributed by atoms with van der Waals surface area (Å²) >= 11 is 0. The predicted molar refractivity (Wildman–Crippen MR) is 112 cm³/mol. The van der Waals surface area contributed by atoms with Crippen LogP contribution in [0.25, 0.3) is 5.69 Å². The normalized spacial score (nSPS) is 13.1. The number of aromatic nitrogens is 4. The van der Waals surface area contributed by atoms with Crippen molar-refractivity contribution in [3.05, 3.63) is 64.6 Å². The molecule has 8 nitrogen and oxygen atoms in total. The highest BCUT2D eigenvalue weighted by Gasteiger charge is 2.24. The first-order valence-electron chi connectivity index (χ1n) is 9.94. The fourth-order valence-electron chi connectivity index (χ4n) is 3.80. The standard InChI is InChI=1S/C22H23N7O/c1-14(2)25-22(30)20-15(3)29(27-26-20)19-8-4-6-17-13-28(11-9-18(17)19)21-16(12-23)7-5-10-24-21/h4-8,10,14H,9,11,13H2,1-3H3,(H,25,30). The average molecular weight is 401 g/mol. The molecule has 1 aromatic carbocycles. The number of nitrogens with zero attached hydrogens (tertiary/aromatic N) is 6. The maximum atomic E-state index is 12.4. The monoisotopic (exact) mass is 401 g/mol. The fraction of sp³-hybridized carbons (Fsp3) is 0.318. The Morgan fingerprint density at radius 1 is 1.27 bits per heavy atom. The van der Waals surface area contributed by atoms with Crippen molar-refractivity contribution in [3.63, 3.8) is 0 Å². The lowest BCUT2D eigenvalue weighted by molar-refractivity contribution is 0.0937. The molecule has 1 aliphatic rings. The molecule has 2 aromatic heterocycles. The van der Waals surface area contributed by atoms with Gasteiger partial charge in [0.1, 0.15) is 11.9 Å². The summed E-state index contributed by atoms with van der Waals surface area (Å²) in [6, 6.07) is 11.9. The minimum atomic E-state index is -0.219. The number of carbonyl (C=O) groups is 1. The molecule has 0 unspecified atom stereocenters. The Bertz CT molecular complexity index is 1140. The summed E-state index contributed by atoms with van der Waals surface area (Å²) in [6.45, 7) is 7.08. The SMILES string of the molecule is Cc1c(C(=O)NC(C)C)nnn1-c1cccc2c1CCN(c1ncccc1C#N)C2. The van der Waals surface area contributed by atoms with Gasteiger partial charge in [-0.1, -0.05) is 17.3 Å². The zero-order chi connectivity index (χ0) is 21.3. The van der Waals surface area contributed by atoms with Crippen LogP contribution in [0.3, 0.4) is 0 Å². The van der Waals surface area contributed by atoms with E-state index in [9.17, 15) is 10.1 Å². The minimum absolute atomic E-state index is 0.0300. The summed E-state index contributed by atoms with van der Waals surface area (Å²) < 4.78 is 1.74. The third-order valence-corrected chi connectivity index (χ3v) is 5.21. The second-order valence-corrected chi connectivity index (χ2v) is 7.64. The molecule has 0 saturated heterocycles. The molecular formula is C22H23N7O. The van der Waals surface area contributed by atoms with Crippen LogP contribution in [0.4, 0.5) is 5.82 Å². The molecule has 0 bridgehead atoms. The van der Waals surface area contributed by atoms with Gasteiger partial charge in [-0.15, -0.1) is 5.10 Å². The molecule has 0 aliphatic carbocycles. The topological polar surface area (TPSA) is 99.7 Å². The molecule has 0 fully saturated rings. The molecule has 1 amide bonds. The van der Waals surface area contributed by atoms with Gasteiger partial charge in [-0.25, -0.2) is 9.67 Å². The summed E-state index contributed by atoms with van der Waals surface area (Å²) in [5.74, 6) is 0.490. The molecule has 1 aliphatic heterocycles. The van der Waals surface area contributed by atoms with Gasteiger partial charge in [-0.05, 0) is 56.5 Å². The number of rotatable bonds is 4. The van der Waals surface area contributed by atoms with E-state index in [-0.39, 0.29) is 11.9 Å². The van der Waals surface area contributed by atoms with E-state index < -0.39 is 0 Å². The van der Waals surface area contributed by atoms with Crippen molar-refractivity contribution in [2.75, 3.05) is 11.4 Å². The fourth-order valence-corrected chi connectivity index (χ4v) is 3.80. The molecule has 0 atom stereocenters. The molecule has 8 heteroatoms. The zero-order valence-corrected chi connectivity index (χ0v) is 17.3. The zero-order valence-electron chi connectivity index (χ0n) is 17.3. The van der Waals surface area contributed by atoms with Gasteiger partial charge < -0.3 is 10.2 Å². The molecule has 152 valence electrons. The van der Waals surface area contributed by atoms with Gasteiger partial charge in [-0.3, -0.25) is 4.79 Å². The van der Waals surface area contributed by atoms with Crippen molar-refractivity contribution in [3.8, 4) is 11.8 Å². The summed E-state index contributed by atoms with van der Waals surface area (Å²) in [7, 11) is 0. The number of nitriles is 1. The number of hydrogen-bond acceptors (Lipinski definition) is 6. The lowest BCUT2D eigenvalue weighted by Gasteiger charge is -2.31. The number of fused-ring (bicyclic) bond motifs is 1. The third-order valence-electron chi connectivity index (χ3n) is 5.21. The number of amides is 1. The number of pyridine rings is 1. The van der Waals surface area contributed by atoms with E-state index in [0.29, 0.717) is 29.3 Å². The van der Waals surface area contributed by atoms with Gasteiger partial charge in [0, 0.05) is 25.3 Å². The summed E-state index contributed by atoms with van der Waals surface area (Å²) in [4.78, 5) is 18.9. The maximum absolute atomic E-state index is 12.4. The molecular weight excluding hydrogens is 378 g/mol. The summed E-state index contributed by atoms with van der Waals surface area (Å²) in [5, 5.41) is 20.7. The van der Waals surface area contributed by atoms with Gasteiger partial charge in [0.25, 0.3) is 5.91 Å². The molecule has 3 aromatic rings. The number of benzene rings is 1. The average Bonchev–Trinajstić information content (AvgIpc) is 3.13. The first kappa shape index (κ1) is 19.6. The molecule has 1 N–H and O–H groups in total. The van der Waals surface area contributed by atoms with Crippen molar-refractivity contribution in [2.24, 2.45) is 0 Å².